The maximum absolute atomic E-state index is 12.9. The Morgan fingerprint density at radius 1 is 1.00 bits per heavy atom. The molecule has 8 heteroatoms. The van der Waals surface area contributed by atoms with E-state index in [9.17, 15) is 9.59 Å². The highest BCUT2D eigenvalue weighted by Crippen LogP contribution is 2.27. The lowest BCUT2D eigenvalue weighted by atomic mass is 10.1. The van der Waals surface area contributed by atoms with Crippen LogP contribution in [0.4, 0.5) is 0 Å². The van der Waals surface area contributed by atoms with Gasteiger partial charge in [-0.3, -0.25) is 9.59 Å². The third-order valence-electron chi connectivity index (χ3n) is 4.61. The molecule has 3 rings (SSSR count). The van der Waals surface area contributed by atoms with Gasteiger partial charge in [0.25, 0.3) is 11.8 Å². The van der Waals surface area contributed by atoms with Crippen molar-refractivity contribution >= 4 is 41.0 Å². The lowest BCUT2D eigenvalue weighted by molar-refractivity contribution is -0.117. The summed E-state index contributed by atoms with van der Waals surface area (Å²) in [6.45, 7) is 0.490. The lowest BCUT2D eigenvalue weighted by Crippen LogP contribution is -2.35. The van der Waals surface area contributed by atoms with E-state index in [1.54, 1.807) is 36.0 Å². The monoisotopic (exact) mass is 482 g/mol. The van der Waals surface area contributed by atoms with Crippen molar-refractivity contribution < 1.29 is 19.1 Å². The first-order chi connectivity index (χ1) is 16.1. The second-order valence-electron chi connectivity index (χ2n) is 6.89. The van der Waals surface area contributed by atoms with E-state index >= 15 is 0 Å². The van der Waals surface area contributed by atoms with E-state index in [4.69, 9.17) is 9.47 Å². The number of hydrogen-bond acceptors (Lipinski definition) is 6. The zero-order valence-corrected chi connectivity index (χ0v) is 20.1. The van der Waals surface area contributed by atoms with Crippen molar-refractivity contribution in [3.63, 3.8) is 0 Å². The number of thiophene rings is 1. The molecule has 2 aromatic carbocycles. The van der Waals surface area contributed by atoms with E-state index in [1.165, 1.54) is 31.1 Å². The van der Waals surface area contributed by atoms with Gasteiger partial charge in [0.2, 0.25) is 0 Å². The minimum absolute atomic E-state index is 0.185. The second-order valence-corrected chi connectivity index (χ2v) is 8.98. The van der Waals surface area contributed by atoms with Gasteiger partial charge in [-0.1, -0.05) is 36.4 Å². The Balaban J connectivity index is 1.62. The molecule has 0 unspecified atom stereocenters. The highest BCUT2D eigenvalue weighted by molar-refractivity contribution is 7.98. The summed E-state index contributed by atoms with van der Waals surface area (Å²) in [6, 6.07) is 18.8. The van der Waals surface area contributed by atoms with Crippen molar-refractivity contribution in [1.82, 2.24) is 10.6 Å². The number of rotatable bonds is 11. The van der Waals surface area contributed by atoms with E-state index in [0.29, 0.717) is 23.6 Å². The molecule has 0 radical (unpaired) electrons. The van der Waals surface area contributed by atoms with Gasteiger partial charge in [-0.25, -0.2) is 0 Å². The summed E-state index contributed by atoms with van der Waals surface area (Å²) in [5, 5.41) is 7.55. The average molecular weight is 483 g/mol. The van der Waals surface area contributed by atoms with Gasteiger partial charge < -0.3 is 20.1 Å². The average Bonchev–Trinajstić information content (AvgIpc) is 3.36. The van der Waals surface area contributed by atoms with Crippen LogP contribution in [-0.4, -0.2) is 38.3 Å². The molecule has 3 aromatic rings. The Labute approximate surface area is 202 Å². The van der Waals surface area contributed by atoms with Gasteiger partial charge in [-0.05, 0) is 41.3 Å². The topological polar surface area (TPSA) is 76.7 Å². The van der Waals surface area contributed by atoms with Crippen molar-refractivity contribution in [1.29, 1.82) is 0 Å². The number of thioether (sulfide) groups is 1. The lowest BCUT2D eigenvalue weighted by Gasteiger charge is -2.12. The summed E-state index contributed by atoms with van der Waals surface area (Å²) in [5.74, 6) is 1.86. The Kier molecular flexibility index (Phi) is 9.41. The minimum atomic E-state index is -0.410. The van der Waals surface area contributed by atoms with Gasteiger partial charge in [0.05, 0.1) is 14.2 Å². The minimum Gasteiger partial charge on any atom is -0.493 e. The molecule has 0 saturated heterocycles. The zero-order chi connectivity index (χ0) is 23.5. The Morgan fingerprint density at radius 2 is 1.79 bits per heavy atom. The molecular formula is C25H26N2O4S2. The Hall–Kier alpha value is -3.23. The molecule has 0 aliphatic rings. The maximum atomic E-state index is 12.9. The number of hydrogen-bond donors (Lipinski definition) is 2. The molecule has 2 N–H and O–H groups in total. The number of amides is 2. The number of carbonyl (C=O) groups is 2. The van der Waals surface area contributed by atoms with Crippen LogP contribution in [0, 0.1) is 0 Å². The highest BCUT2D eigenvalue weighted by Gasteiger charge is 2.16. The fourth-order valence-electron chi connectivity index (χ4n) is 2.94. The van der Waals surface area contributed by atoms with Crippen LogP contribution < -0.4 is 20.1 Å². The normalized spacial score (nSPS) is 11.0. The fraction of sp³-hybridized carbons (Fsp3) is 0.200. The third kappa shape index (κ3) is 7.40. The SMILES string of the molecule is COc1ccc(C(=O)N/C(=C\c2cccs2)C(=O)NCCSCc2ccccc2)cc1OC. The van der Waals surface area contributed by atoms with Crippen LogP contribution >= 0.6 is 23.1 Å². The fourth-order valence-corrected chi connectivity index (χ4v) is 4.42. The Morgan fingerprint density at radius 3 is 2.48 bits per heavy atom. The van der Waals surface area contributed by atoms with Crippen LogP contribution in [0.1, 0.15) is 20.8 Å². The molecular weight excluding hydrogens is 456 g/mol. The summed E-state index contributed by atoms with van der Waals surface area (Å²) in [5.41, 5.74) is 1.79. The molecule has 172 valence electrons. The van der Waals surface area contributed by atoms with Gasteiger partial charge in [0.15, 0.2) is 11.5 Å². The smallest absolute Gasteiger partial charge is 0.267 e. The molecule has 1 heterocycles. The molecule has 33 heavy (non-hydrogen) atoms. The van der Waals surface area contributed by atoms with Crippen molar-refractivity contribution in [2.24, 2.45) is 0 Å². The number of ether oxygens (including phenoxy) is 2. The van der Waals surface area contributed by atoms with Gasteiger partial charge in [0.1, 0.15) is 5.70 Å². The van der Waals surface area contributed by atoms with Crippen LogP contribution in [0.5, 0.6) is 11.5 Å². The summed E-state index contributed by atoms with van der Waals surface area (Å²) in [4.78, 5) is 26.6. The molecule has 0 saturated carbocycles. The quantitative estimate of drug-likeness (QED) is 0.309. The second kappa shape index (κ2) is 12.7. The molecule has 2 amide bonds. The van der Waals surface area contributed by atoms with Gasteiger partial charge in [0, 0.05) is 28.5 Å². The molecule has 0 atom stereocenters. The van der Waals surface area contributed by atoms with Crippen molar-refractivity contribution in [2.75, 3.05) is 26.5 Å². The van der Waals surface area contributed by atoms with Crippen molar-refractivity contribution in [3.05, 3.63) is 87.7 Å². The summed E-state index contributed by atoms with van der Waals surface area (Å²) < 4.78 is 10.5. The predicted molar refractivity (Wildman–Crippen MR) is 135 cm³/mol. The largest absolute Gasteiger partial charge is 0.493 e. The van der Waals surface area contributed by atoms with Crippen LogP contribution in [0.15, 0.2) is 71.7 Å². The first-order valence-electron chi connectivity index (χ1n) is 10.3. The number of nitrogens with one attached hydrogen (secondary N) is 2. The maximum Gasteiger partial charge on any atom is 0.267 e. The summed E-state index contributed by atoms with van der Waals surface area (Å²) in [7, 11) is 3.03. The predicted octanol–water partition coefficient (Wildman–Crippen LogP) is 4.59. The van der Waals surface area contributed by atoms with Crippen molar-refractivity contribution in [2.45, 2.75) is 5.75 Å². The van der Waals surface area contributed by atoms with E-state index in [-0.39, 0.29) is 11.6 Å². The standard InChI is InChI=1S/C25H26N2O4S2/c1-30-22-11-10-19(15-23(22)31-2)24(28)27-21(16-20-9-6-13-33-20)25(29)26-12-14-32-17-18-7-4-3-5-8-18/h3-11,13,15-16H,12,14,17H2,1-2H3,(H,26,29)(H,27,28)/b21-16-. The first-order valence-corrected chi connectivity index (χ1v) is 12.3. The van der Waals surface area contributed by atoms with E-state index in [1.807, 2.05) is 35.7 Å². The third-order valence-corrected chi connectivity index (χ3v) is 6.46. The van der Waals surface area contributed by atoms with Gasteiger partial charge >= 0.3 is 0 Å². The number of carbonyl (C=O) groups excluding carboxylic acids is 2. The first kappa shape index (κ1) is 24.4. The summed E-state index contributed by atoms with van der Waals surface area (Å²) in [6.07, 6.45) is 1.68. The van der Waals surface area contributed by atoms with Crippen LogP contribution in [-0.2, 0) is 10.5 Å². The number of benzene rings is 2. The summed E-state index contributed by atoms with van der Waals surface area (Å²) >= 11 is 3.22. The van der Waals surface area contributed by atoms with Crippen LogP contribution in [0.25, 0.3) is 6.08 Å². The van der Waals surface area contributed by atoms with Gasteiger partial charge in [-0.15, -0.1) is 11.3 Å². The molecule has 0 spiro atoms. The van der Waals surface area contributed by atoms with Crippen LogP contribution in [0.2, 0.25) is 0 Å². The molecule has 0 fully saturated rings. The molecule has 0 bridgehead atoms. The molecule has 0 aliphatic carbocycles. The van der Waals surface area contributed by atoms with Crippen LogP contribution in [0.3, 0.4) is 0 Å². The van der Waals surface area contributed by atoms with E-state index in [2.05, 4.69) is 22.8 Å². The zero-order valence-electron chi connectivity index (χ0n) is 18.5. The molecule has 6 nitrogen and oxygen atoms in total. The van der Waals surface area contributed by atoms with Crippen molar-refractivity contribution in [3.8, 4) is 11.5 Å². The van der Waals surface area contributed by atoms with E-state index < -0.39 is 5.91 Å². The molecule has 0 aliphatic heterocycles. The van der Waals surface area contributed by atoms with Gasteiger partial charge in [-0.2, -0.15) is 11.8 Å². The number of methoxy groups -OCH3 is 2. The Bertz CT molecular complexity index is 1080. The van der Waals surface area contributed by atoms with E-state index in [0.717, 1.165) is 16.4 Å². The molecule has 1 aromatic heterocycles. The highest BCUT2D eigenvalue weighted by atomic mass is 32.2.